The fourth-order valence-corrected chi connectivity index (χ4v) is 6.10. The summed E-state index contributed by atoms with van der Waals surface area (Å²) in [5.41, 5.74) is 2.89. The average Bonchev–Trinajstić information content (AvgIpc) is 2.37. The first-order valence-corrected chi connectivity index (χ1v) is 9.92. The second-order valence-electron chi connectivity index (χ2n) is 5.56. The second kappa shape index (κ2) is 6.55. The van der Waals surface area contributed by atoms with Crippen LogP contribution in [0.5, 0.6) is 0 Å². The Kier molecular flexibility index (Phi) is 5.67. The van der Waals surface area contributed by atoms with Gasteiger partial charge in [0.25, 0.3) is 0 Å². The van der Waals surface area contributed by atoms with Crippen molar-refractivity contribution in [3.8, 4) is 0 Å². The summed E-state index contributed by atoms with van der Waals surface area (Å²) in [5.74, 6) is 0.583. The molecular formula is C16H29P. The Balaban J connectivity index is 2.66. The first-order chi connectivity index (χ1) is 8.06. The van der Waals surface area contributed by atoms with Crippen LogP contribution in [0, 0.1) is 5.92 Å². The SMILES string of the molecule is C=C(C)C1C=CC(C[PH](CC)(CC)CC)=CC1. The van der Waals surface area contributed by atoms with E-state index in [-0.39, 0.29) is 0 Å². The molecule has 1 atom stereocenters. The summed E-state index contributed by atoms with van der Waals surface area (Å²) >= 11 is 0. The third-order valence-corrected chi connectivity index (χ3v) is 10.3. The molecule has 1 unspecified atom stereocenters. The van der Waals surface area contributed by atoms with Crippen LogP contribution in [0.4, 0.5) is 0 Å². The van der Waals surface area contributed by atoms with Crippen molar-refractivity contribution < 1.29 is 0 Å². The van der Waals surface area contributed by atoms with Gasteiger partial charge in [-0.2, -0.15) is 0 Å². The van der Waals surface area contributed by atoms with E-state index in [0.717, 1.165) is 0 Å². The molecule has 1 aliphatic carbocycles. The third-order valence-electron chi connectivity index (χ3n) is 4.64. The van der Waals surface area contributed by atoms with Crippen molar-refractivity contribution in [2.24, 2.45) is 5.92 Å². The van der Waals surface area contributed by atoms with Gasteiger partial charge < -0.3 is 0 Å². The molecule has 0 saturated heterocycles. The fraction of sp³-hybridized carbons (Fsp3) is 0.625. The van der Waals surface area contributed by atoms with Crippen LogP contribution in [-0.2, 0) is 0 Å². The van der Waals surface area contributed by atoms with Crippen LogP contribution in [0.1, 0.15) is 34.1 Å². The van der Waals surface area contributed by atoms with Gasteiger partial charge in [-0.25, -0.2) is 0 Å². The summed E-state index contributed by atoms with van der Waals surface area (Å²) < 4.78 is 0. The number of allylic oxidation sites excluding steroid dienone is 5. The summed E-state index contributed by atoms with van der Waals surface area (Å²) in [6.45, 7) is 13.4. The molecule has 1 heteroatoms. The van der Waals surface area contributed by atoms with Crippen LogP contribution >= 0.6 is 7.26 Å². The summed E-state index contributed by atoms with van der Waals surface area (Å²) in [5, 5.41) is 0. The molecule has 1 aliphatic rings. The van der Waals surface area contributed by atoms with E-state index in [4.69, 9.17) is 0 Å². The van der Waals surface area contributed by atoms with E-state index in [9.17, 15) is 0 Å². The molecule has 1 rings (SSSR count). The molecule has 0 nitrogen and oxygen atoms in total. The van der Waals surface area contributed by atoms with E-state index in [1.165, 1.54) is 36.6 Å². The van der Waals surface area contributed by atoms with Crippen molar-refractivity contribution in [3.63, 3.8) is 0 Å². The van der Waals surface area contributed by atoms with Crippen LogP contribution < -0.4 is 0 Å². The maximum atomic E-state index is 4.06. The van der Waals surface area contributed by atoms with Crippen molar-refractivity contribution >= 4 is 7.26 Å². The molecular weight excluding hydrogens is 223 g/mol. The van der Waals surface area contributed by atoms with Crippen LogP contribution in [0.25, 0.3) is 0 Å². The van der Waals surface area contributed by atoms with Gasteiger partial charge >= 0.3 is 108 Å². The van der Waals surface area contributed by atoms with Crippen LogP contribution in [0.15, 0.2) is 36.0 Å². The third kappa shape index (κ3) is 3.81. The van der Waals surface area contributed by atoms with Crippen LogP contribution in [0.3, 0.4) is 0 Å². The van der Waals surface area contributed by atoms with E-state index in [1.807, 2.05) is 0 Å². The molecule has 0 heterocycles. The average molecular weight is 252 g/mol. The molecule has 0 aromatic rings. The Hall–Kier alpha value is -0.350. The van der Waals surface area contributed by atoms with E-state index in [2.05, 4.69) is 52.5 Å². The molecule has 0 radical (unpaired) electrons. The molecule has 0 fully saturated rings. The normalized spacial score (nSPS) is 21.2. The number of rotatable bonds is 6. The molecule has 0 bridgehead atoms. The summed E-state index contributed by atoms with van der Waals surface area (Å²) in [4.78, 5) is 0. The summed E-state index contributed by atoms with van der Waals surface area (Å²) in [6, 6.07) is 0. The molecule has 0 aromatic heterocycles. The van der Waals surface area contributed by atoms with Gasteiger partial charge in [0.2, 0.25) is 0 Å². The van der Waals surface area contributed by atoms with E-state index in [0.29, 0.717) is 5.92 Å². The molecule has 0 N–H and O–H groups in total. The molecule has 98 valence electrons. The van der Waals surface area contributed by atoms with Crippen molar-refractivity contribution in [3.05, 3.63) is 36.0 Å². The number of hydrogen-bond donors (Lipinski definition) is 0. The minimum absolute atomic E-state index is 0.583. The Morgan fingerprint density at radius 3 is 2.24 bits per heavy atom. The van der Waals surface area contributed by atoms with Gasteiger partial charge in [-0.1, -0.05) is 0 Å². The molecule has 0 amide bonds. The standard InChI is InChI=1S/C16H29P/c1-6-17(7-2,8-3)13-15-9-11-16(12-10-15)14(4)5/h9-11,16-17H,4,6-8,12-13H2,1-3,5H3. The zero-order valence-electron chi connectivity index (χ0n) is 12.1. The van der Waals surface area contributed by atoms with Crippen molar-refractivity contribution in [2.45, 2.75) is 34.1 Å². The van der Waals surface area contributed by atoms with Crippen molar-refractivity contribution in [1.29, 1.82) is 0 Å². The van der Waals surface area contributed by atoms with Gasteiger partial charge in [-0.05, 0) is 0 Å². The van der Waals surface area contributed by atoms with Gasteiger partial charge in [-0.3, -0.25) is 0 Å². The van der Waals surface area contributed by atoms with E-state index < -0.39 is 7.26 Å². The van der Waals surface area contributed by atoms with E-state index >= 15 is 0 Å². The maximum absolute atomic E-state index is 4.06. The molecule has 0 aromatic carbocycles. The zero-order valence-corrected chi connectivity index (χ0v) is 13.1. The number of hydrogen-bond acceptors (Lipinski definition) is 0. The first-order valence-electron chi connectivity index (χ1n) is 7.09. The van der Waals surface area contributed by atoms with Crippen LogP contribution in [-0.4, -0.2) is 24.6 Å². The monoisotopic (exact) mass is 252 g/mol. The van der Waals surface area contributed by atoms with Crippen molar-refractivity contribution in [1.82, 2.24) is 0 Å². The Labute approximate surface area is 108 Å². The molecule has 0 spiro atoms. The van der Waals surface area contributed by atoms with Gasteiger partial charge in [0.05, 0.1) is 0 Å². The van der Waals surface area contributed by atoms with Crippen LogP contribution in [0.2, 0.25) is 0 Å². The molecule has 17 heavy (non-hydrogen) atoms. The van der Waals surface area contributed by atoms with Gasteiger partial charge in [0, 0.05) is 0 Å². The van der Waals surface area contributed by atoms with Gasteiger partial charge in [0.15, 0.2) is 0 Å². The molecule has 0 aliphatic heterocycles. The summed E-state index contributed by atoms with van der Waals surface area (Å²) in [7, 11) is -0.996. The zero-order chi connectivity index (χ0) is 12.9. The topological polar surface area (TPSA) is 0 Å². The predicted molar refractivity (Wildman–Crippen MR) is 84.9 cm³/mol. The van der Waals surface area contributed by atoms with E-state index in [1.54, 1.807) is 5.57 Å². The Bertz CT molecular complexity index is 310. The van der Waals surface area contributed by atoms with Gasteiger partial charge in [-0.15, -0.1) is 0 Å². The Morgan fingerprint density at radius 2 is 1.88 bits per heavy atom. The predicted octanol–water partition coefficient (Wildman–Crippen LogP) is 4.87. The minimum atomic E-state index is -0.996. The Morgan fingerprint density at radius 1 is 1.29 bits per heavy atom. The van der Waals surface area contributed by atoms with Gasteiger partial charge in [0.1, 0.15) is 0 Å². The summed E-state index contributed by atoms with van der Waals surface area (Å²) in [6.07, 6.45) is 14.0. The fourth-order valence-electron chi connectivity index (χ4n) is 2.72. The van der Waals surface area contributed by atoms with Crippen molar-refractivity contribution in [2.75, 3.05) is 24.6 Å². The first kappa shape index (κ1) is 14.7. The molecule has 0 saturated carbocycles. The quantitative estimate of drug-likeness (QED) is 0.467. The second-order valence-corrected chi connectivity index (χ2v) is 11.0.